The number of hydrogen-bond acceptors (Lipinski definition) is 7. The number of nitrogens with zero attached hydrogens (tertiary/aromatic N) is 2. The summed E-state index contributed by atoms with van der Waals surface area (Å²) in [5.74, 6) is -1.40. The van der Waals surface area contributed by atoms with Crippen molar-refractivity contribution in [1.82, 2.24) is 20.5 Å². The fourth-order valence-electron chi connectivity index (χ4n) is 3.71. The minimum absolute atomic E-state index is 0.0842. The summed E-state index contributed by atoms with van der Waals surface area (Å²) in [5.41, 5.74) is 1.87. The van der Waals surface area contributed by atoms with E-state index in [1.165, 1.54) is 4.90 Å². The number of ketones is 1. The highest BCUT2D eigenvalue weighted by Crippen LogP contribution is 2.18. The zero-order valence-electron chi connectivity index (χ0n) is 18.4. The number of carbonyl (C=O) groups is 4. The van der Waals surface area contributed by atoms with Crippen molar-refractivity contribution >= 4 is 34.8 Å². The van der Waals surface area contributed by atoms with Crippen LogP contribution in [0.2, 0.25) is 0 Å². The molecule has 0 bridgehead atoms. The Morgan fingerprint density at radius 1 is 1.00 bits per heavy atom. The van der Waals surface area contributed by atoms with Crippen molar-refractivity contribution in [2.75, 3.05) is 19.6 Å². The fourth-order valence-corrected chi connectivity index (χ4v) is 3.71. The minimum atomic E-state index is -0.721. The Labute approximate surface area is 195 Å². The van der Waals surface area contributed by atoms with Gasteiger partial charge in [0.25, 0.3) is 5.89 Å². The average Bonchev–Trinajstić information content (AvgIpc) is 3.52. The Balaban J connectivity index is 1.23. The van der Waals surface area contributed by atoms with Crippen LogP contribution in [0.4, 0.5) is 4.79 Å². The Hall–Kier alpha value is -4.21. The van der Waals surface area contributed by atoms with Crippen molar-refractivity contribution in [3.63, 3.8) is 0 Å². The number of fused-ring (bicyclic) bond motifs is 1. The molecule has 2 N–H and O–H groups in total. The standard InChI is InChI=1S/C24H24N4O6/c29-19(23-27-17-9-4-5-11-20(17)34-23)13-25-22(31)18-10-6-12-28(18)21(30)14-26-24(32)33-15-16-7-2-1-3-8-16/h1-5,7-9,11,18H,6,10,12-15H2,(H,25,31)(H,26,32). The molecule has 10 nitrogen and oxygen atoms in total. The van der Waals surface area contributed by atoms with Crippen molar-refractivity contribution in [2.24, 2.45) is 0 Å². The van der Waals surface area contributed by atoms with Crippen LogP contribution in [0.15, 0.2) is 59.0 Å². The van der Waals surface area contributed by atoms with Gasteiger partial charge in [0, 0.05) is 6.54 Å². The van der Waals surface area contributed by atoms with E-state index in [0.717, 1.165) is 5.56 Å². The molecule has 1 aromatic heterocycles. The van der Waals surface area contributed by atoms with Gasteiger partial charge in [0.15, 0.2) is 5.58 Å². The molecular weight excluding hydrogens is 440 g/mol. The molecule has 176 valence electrons. The predicted molar refractivity (Wildman–Crippen MR) is 121 cm³/mol. The summed E-state index contributed by atoms with van der Waals surface area (Å²) < 4.78 is 10.5. The van der Waals surface area contributed by atoms with E-state index in [2.05, 4.69) is 15.6 Å². The molecule has 0 spiro atoms. The van der Waals surface area contributed by atoms with Crippen LogP contribution in [0.3, 0.4) is 0 Å². The molecule has 10 heteroatoms. The molecular formula is C24H24N4O6. The average molecular weight is 464 g/mol. The molecule has 2 aromatic carbocycles. The first kappa shape index (κ1) is 23.0. The third-order valence-electron chi connectivity index (χ3n) is 5.43. The number of oxazole rings is 1. The van der Waals surface area contributed by atoms with E-state index in [1.54, 1.807) is 24.3 Å². The quantitative estimate of drug-likeness (QED) is 0.488. The highest BCUT2D eigenvalue weighted by molar-refractivity contribution is 5.98. The Morgan fingerprint density at radius 2 is 1.76 bits per heavy atom. The van der Waals surface area contributed by atoms with Crippen molar-refractivity contribution in [3.05, 3.63) is 66.1 Å². The maximum Gasteiger partial charge on any atom is 0.407 e. The molecule has 1 fully saturated rings. The van der Waals surface area contributed by atoms with E-state index in [1.807, 2.05) is 30.3 Å². The number of nitrogens with one attached hydrogen (secondary N) is 2. The van der Waals surface area contributed by atoms with Crippen LogP contribution in [0.25, 0.3) is 11.1 Å². The van der Waals surface area contributed by atoms with Gasteiger partial charge in [-0.2, -0.15) is 0 Å². The molecule has 1 saturated heterocycles. The van der Waals surface area contributed by atoms with Crippen LogP contribution >= 0.6 is 0 Å². The van der Waals surface area contributed by atoms with Crippen LogP contribution in [0.1, 0.15) is 29.1 Å². The number of carbonyl (C=O) groups excluding carboxylic acids is 4. The van der Waals surface area contributed by atoms with Gasteiger partial charge in [0.05, 0.1) is 6.54 Å². The van der Waals surface area contributed by atoms with Gasteiger partial charge in [-0.05, 0) is 30.5 Å². The summed E-state index contributed by atoms with van der Waals surface area (Å²) in [6.07, 6.45) is 0.385. The number of alkyl carbamates (subject to hydrolysis) is 1. The summed E-state index contributed by atoms with van der Waals surface area (Å²) >= 11 is 0. The second-order valence-electron chi connectivity index (χ2n) is 7.79. The van der Waals surface area contributed by atoms with Gasteiger partial charge in [-0.1, -0.05) is 42.5 Å². The van der Waals surface area contributed by atoms with Crippen LogP contribution in [0, 0.1) is 0 Å². The number of likely N-dealkylation sites (tertiary alicyclic amines) is 1. The van der Waals surface area contributed by atoms with Crippen molar-refractivity contribution in [3.8, 4) is 0 Å². The third-order valence-corrected chi connectivity index (χ3v) is 5.43. The first-order valence-electron chi connectivity index (χ1n) is 10.9. The molecule has 3 amide bonds. The molecule has 3 aromatic rings. The predicted octanol–water partition coefficient (Wildman–Crippen LogP) is 2.04. The number of hydrogen-bond donors (Lipinski definition) is 2. The van der Waals surface area contributed by atoms with Gasteiger partial charge in [-0.3, -0.25) is 14.4 Å². The number of benzene rings is 2. The Morgan fingerprint density at radius 3 is 2.56 bits per heavy atom. The van der Waals surface area contributed by atoms with E-state index in [-0.39, 0.29) is 25.6 Å². The number of aromatic nitrogens is 1. The van der Waals surface area contributed by atoms with E-state index in [4.69, 9.17) is 9.15 Å². The van der Waals surface area contributed by atoms with Gasteiger partial charge in [-0.15, -0.1) is 0 Å². The maximum absolute atomic E-state index is 12.6. The Kier molecular flexibility index (Phi) is 7.16. The number of para-hydroxylation sites is 2. The summed E-state index contributed by atoms with van der Waals surface area (Å²) in [7, 11) is 0. The van der Waals surface area contributed by atoms with E-state index >= 15 is 0 Å². The summed E-state index contributed by atoms with van der Waals surface area (Å²) in [5, 5.41) is 4.98. The normalized spacial score (nSPS) is 15.2. The second-order valence-corrected chi connectivity index (χ2v) is 7.79. The zero-order chi connectivity index (χ0) is 23.9. The number of ether oxygens (including phenoxy) is 1. The molecule has 34 heavy (non-hydrogen) atoms. The highest BCUT2D eigenvalue weighted by Gasteiger charge is 2.34. The molecule has 1 unspecified atom stereocenters. The lowest BCUT2D eigenvalue weighted by Gasteiger charge is -2.23. The van der Waals surface area contributed by atoms with Crippen LogP contribution in [-0.4, -0.2) is 59.3 Å². The lowest BCUT2D eigenvalue weighted by Crippen LogP contribution is -2.49. The molecule has 1 aliphatic heterocycles. The van der Waals surface area contributed by atoms with Crippen LogP contribution < -0.4 is 10.6 Å². The number of rotatable bonds is 8. The molecule has 1 aliphatic rings. The summed E-state index contributed by atoms with van der Waals surface area (Å²) in [6, 6.07) is 15.4. The van der Waals surface area contributed by atoms with E-state index in [9.17, 15) is 19.2 Å². The third kappa shape index (κ3) is 5.58. The molecule has 0 radical (unpaired) electrons. The largest absolute Gasteiger partial charge is 0.445 e. The molecule has 1 atom stereocenters. The Bertz CT molecular complexity index is 1160. The number of Topliss-reactive ketones (excluding diaryl/α,β-unsaturated/α-hetero) is 1. The molecule has 2 heterocycles. The monoisotopic (exact) mass is 464 g/mol. The fraction of sp³-hybridized carbons (Fsp3) is 0.292. The van der Waals surface area contributed by atoms with Crippen molar-refractivity contribution < 1.29 is 28.3 Å². The lowest BCUT2D eigenvalue weighted by molar-refractivity contribution is -0.137. The van der Waals surface area contributed by atoms with Crippen molar-refractivity contribution in [1.29, 1.82) is 0 Å². The lowest BCUT2D eigenvalue weighted by atomic mass is 10.2. The topological polar surface area (TPSA) is 131 Å². The van der Waals surface area contributed by atoms with Gasteiger partial charge in [-0.25, -0.2) is 9.78 Å². The smallest absolute Gasteiger partial charge is 0.407 e. The maximum atomic E-state index is 12.6. The SMILES string of the molecule is O=C(NCC(=O)N1CCCC1C(=O)NCC(=O)c1nc2ccccc2o1)OCc1ccccc1. The first-order chi connectivity index (χ1) is 16.5. The van der Waals surface area contributed by atoms with E-state index in [0.29, 0.717) is 30.5 Å². The number of amides is 3. The minimum Gasteiger partial charge on any atom is -0.445 e. The van der Waals surface area contributed by atoms with Gasteiger partial charge >= 0.3 is 6.09 Å². The van der Waals surface area contributed by atoms with Crippen LogP contribution in [0.5, 0.6) is 0 Å². The van der Waals surface area contributed by atoms with E-state index < -0.39 is 29.7 Å². The second kappa shape index (κ2) is 10.6. The van der Waals surface area contributed by atoms with Gasteiger partial charge in [0.1, 0.15) is 24.7 Å². The zero-order valence-corrected chi connectivity index (χ0v) is 18.4. The summed E-state index contributed by atoms with van der Waals surface area (Å²) in [4.78, 5) is 55.0. The molecule has 0 aliphatic carbocycles. The van der Waals surface area contributed by atoms with Gasteiger partial charge in [0.2, 0.25) is 17.6 Å². The van der Waals surface area contributed by atoms with Gasteiger partial charge < -0.3 is 24.7 Å². The first-order valence-corrected chi connectivity index (χ1v) is 10.9. The molecule has 0 saturated carbocycles. The summed E-state index contributed by atoms with van der Waals surface area (Å²) in [6.45, 7) is -0.117. The van der Waals surface area contributed by atoms with Crippen molar-refractivity contribution in [2.45, 2.75) is 25.5 Å². The highest BCUT2D eigenvalue weighted by atomic mass is 16.5. The van der Waals surface area contributed by atoms with Crippen LogP contribution in [-0.2, 0) is 20.9 Å². The molecule has 4 rings (SSSR count).